The van der Waals surface area contributed by atoms with Gasteiger partial charge in [0.15, 0.2) is 11.5 Å². The number of carbonyl (C=O) groups excluding carboxylic acids is 2. The highest BCUT2D eigenvalue weighted by molar-refractivity contribution is 7.93. The molecule has 0 saturated heterocycles. The Bertz CT molecular complexity index is 1400. The van der Waals surface area contributed by atoms with Gasteiger partial charge in [0.1, 0.15) is 11.6 Å². The predicted molar refractivity (Wildman–Crippen MR) is 126 cm³/mol. The lowest BCUT2D eigenvalue weighted by Gasteiger charge is -2.09. The molecule has 2 heterocycles. The Labute approximate surface area is 204 Å². The molecule has 3 rings (SSSR count). The van der Waals surface area contributed by atoms with Crippen LogP contribution in [-0.2, 0) is 14.6 Å². The van der Waals surface area contributed by atoms with Crippen LogP contribution >= 0.6 is 11.3 Å². The fourth-order valence-corrected chi connectivity index (χ4v) is 5.39. The zero-order chi connectivity index (χ0) is 25.6. The molecule has 0 aliphatic heterocycles. The smallest absolute Gasteiger partial charge is 0.379 e. The van der Waals surface area contributed by atoms with Gasteiger partial charge < -0.3 is 13.9 Å². The summed E-state index contributed by atoms with van der Waals surface area (Å²) >= 11 is 0.702. The number of sulfone groups is 1. The zero-order valence-corrected chi connectivity index (χ0v) is 20.5. The number of anilines is 1. The molecule has 2 aromatic heterocycles. The first kappa shape index (κ1) is 25.6. The van der Waals surface area contributed by atoms with Gasteiger partial charge in [-0.3, -0.25) is 10.1 Å². The van der Waals surface area contributed by atoms with Crippen LogP contribution in [0.15, 0.2) is 50.9 Å². The zero-order valence-electron chi connectivity index (χ0n) is 18.8. The van der Waals surface area contributed by atoms with Gasteiger partial charge in [0.25, 0.3) is 5.91 Å². The van der Waals surface area contributed by atoms with Crippen LogP contribution in [0.25, 0.3) is 6.08 Å². The van der Waals surface area contributed by atoms with Crippen LogP contribution in [-0.4, -0.2) is 43.4 Å². The number of carbonyl (C=O) groups is 2. The van der Waals surface area contributed by atoms with Crippen LogP contribution in [0, 0.1) is 17.2 Å². The topological polar surface area (TPSA) is 161 Å². The molecule has 0 radical (unpaired) electrons. The number of amides is 1. The molecule has 0 fully saturated rings. The van der Waals surface area contributed by atoms with Gasteiger partial charge in [-0.1, -0.05) is 31.3 Å². The Kier molecular flexibility index (Phi) is 8.00. The van der Waals surface area contributed by atoms with Crippen molar-refractivity contribution in [1.82, 2.24) is 10.2 Å². The van der Waals surface area contributed by atoms with Gasteiger partial charge in [0.2, 0.25) is 25.1 Å². The molecule has 3 aromatic rings. The second-order valence-electron chi connectivity index (χ2n) is 7.45. The first-order valence-corrected chi connectivity index (χ1v) is 12.5. The molecular weight excluding hydrogens is 496 g/mol. The van der Waals surface area contributed by atoms with Crippen molar-refractivity contribution in [2.45, 2.75) is 18.2 Å². The van der Waals surface area contributed by atoms with Gasteiger partial charge in [-0.05, 0) is 41.8 Å². The monoisotopic (exact) mass is 516 g/mol. The van der Waals surface area contributed by atoms with Crippen molar-refractivity contribution in [2.75, 3.05) is 18.2 Å². The maximum Gasteiger partial charge on any atom is 0.379 e. The van der Waals surface area contributed by atoms with E-state index in [0.717, 1.165) is 0 Å². The van der Waals surface area contributed by atoms with Crippen LogP contribution in [0.4, 0.5) is 5.13 Å². The molecule has 0 aliphatic carbocycles. The van der Waals surface area contributed by atoms with Gasteiger partial charge in [0.05, 0.1) is 19.1 Å². The second kappa shape index (κ2) is 10.9. The number of hydrogen-bond acceptors (Lipinski definition) is 11. The fraction of sp³-hybridized carbons (Fsp3) is 0.227. The highest BCUT2D eigenvalue weighted by atomic mass is 32.2. The van der Waals surface area contributed by atoms with Crippen LogP contribution < -0.4 is 14.8 Å². The van der Waals surface area contributed by atoms with Gasteiger partial charge >= 0.3 is 5.97 Å². The Morgan fingerprint density at radius 2 is 2.03 bits per heavy atom. The largest absolute Gasteiger partial charge is 0.493 e. The molecular formula is C22H20N4O7S2. The van der Waals surface area contributed by atoms with Gasteiger partial charge in [-0.2, -0.15) is 5.26 Å². The molecule has 1 aromatic carbocycles. The van der Waals surface area contributed by atoms with E-state index in [1.54, 1.807) is 26.0 Å². The number of aromatic nitrogens is 2. The van der Waals surface area contributed by atoms with Crippen LogP contribution in [0.3, 0.4) is 0 Å². The third-order valence-electron chi connectivity index (χ3n) is 4.23. The van der Waals surface area contributed by atoms with Crippen molar-refractivity contribution >= 4 is 44.3 Å². The third kappa shape index (κ3) is 6.52. The number of nitriles is 1. The molecule has 0 unspecified atom stereocenters. The molecule has 11 nitrogen and oxygen atoms in total. The Morgan fingerprint density at radius 3 is 2.66 bits per heavy atom. The second-order valence-corrected chi connectivity index (χ2v) is 10.6. The Balaban J connectivity index is 1.76. The summed E-state index contributed by atoms with van der Waals surface area (Å²) in [5.41, 5.74) is 0.123. The number of rotatable bonds is 9. The van der Waals surface area contributed by atoms with Crippen molar-refractivity contribution in [3.05, 3.63) is 53.5 Å². The summed E-state index contributed by atoms with van der Waals surface area (Å²) in [6.07, 6.45) is 2.62. The fourth-order valence-electron chi connectivity index (χ4n) is 2.78. The van der Waals surface area contributed by atoms with Crippen molar-refractivity contribution in [2.24, 2.45) is 5.92 Å². The van der Waals surface area contributed by atoms with Crippen LogP contribution in [0.5, 0.6) is 11.5 Å². The summed E-state index contributed by atoms with van der Waals surface area (Å²) in [5, 5.41) is 19.1. The van der Waals surface area contributed by atoms with Gasteiger partial charge in [0, 0.05) is 0 Å². The maximum atomic E-state index is 12.6. The molecule has 13 heteroatoms. The predicted octanol–water partition coefficient (Wildman–Crippen LogP) is 3.33. The Morgan fingerprint density at radius 1 is 1.26 bits per heavy atom. The lowest BCUT2D eigenvalue weighted by Crippen LogP contribution is -2.13. The molecule has 0 spiro atoms. The molecule has 182 valence electrons. The third-order valence-corrected chi connectivity index (χ3v) is 7.60. The number of benzene rings is 1. The van der Waals surface area contributed by atoms with E-state index in [4.69, 9.17) is 13.9 Å². The average molecular weight is 517 g/mol. The number of nitrogens with one attached hydrogen (secondary N) is 1. The van der Waals surface area contributed by atoms with Crippen molar-refractivity contribution < 1.29 is 31.9 Å². The van der Waals surface area contributed by atoms with Crippen molar-refractivity contribution in [3.8, 4) is 17.6 Å². The highest BCUT2D eigenvalue weighted by Crippen LogP contribution is 2.30. The lowest BCUT2D eigenvalue weighted by atomic mass is 10.1. The number of ether oxygens (including phenoxy) is 2. The molecule has 0 bridgehead atoms. The first-order valence-electron chi connectivity index (χ1n) is 10.1. The van der Waals surface area contributed by atoms with Crippen LogP contribution in [0.2, 0.25) is 0 Å². The summed E-state index contributed by atoms with van der Waals surface area (Å²) < 4.78 is 39.8. The van der Waals surface area contributed by atoms with Crippen molar-refractivity contribution in [3.63, 3.8) is 0 Å². The maximum absolute atomic E-state index is 12.6. The first-order chi connectivity index (χ1) is 16.6. The molecule has 35 heavy (non-hydrogen) atoms. The van der Waals surface area contributed by atoms with Gasteiger partial charge in [-0.25, -0.2) is 13.2 Å². The normalized spacial score (nSPS) is 11.7. The number of hydrogen-bond donors (Lipinski definition) is 1. The number of furan rings is 1. The standard InChI is InChI=1S/C22H20N4O7S2/c1-13(2)12-35(29,30)22-26-25-21(34-22)24-19(27)15(11-23)9-14-6-7-16(18(10-14)31-3)33-20(28)17-5-4-8-32-17/h4-10,13H,12H2,1-3H3,(H,24,25,27)/b15-9-. The number of methoxy groups -OCH3 is 1. The van der Waals surface area contributed by atoms with E-state index in [2.05, 4.69) is 15.5 Å². The van der Waals surface area contributed by atoms with E-state index in [1.807, 2.05) is 0 Å². The van der Waals surface area contributed by atoms with E-state index in [-0.39, 0.29) is 44.0 Å². The summed E-state index contributed by atoms with van der Waals surface area (Å²) in [5.74, 6) is -1.43. The summed E-state index contributed by atoms with van der Waals surface area (Å²) in [7, 11) is -2.26. The SMILES string of the molecule is COc1cc(/C=C(/C#N)C(=O)Nc2nnc(S(=O)(=O)CC(C)C)s2)ccc1OC(=O)c1ccco1. The lowest BCUT2D eigenvalue weighted by molar-refractivity contribution is -0.112. The quantitative estimate of drug-likeness (QED) is 0.147. The van der Waals surface area contributed by atoms with Gasteiger partial charge in [-0.15, -0.1) is 10.2 Å². The minimum absolute atomic E-state index is 0.0105. The minimum atomic E-state index is -3.63. The van der Waals surface area contributed by atoms with E-state index >= 15 is 0 Å². The summed E-state index contributed by atoms with van der Waals surface area (Å²) in [6.45, 7) is 3.52. The van der Waals surface area contributed by atoms with Crippen molar-refractivity contribution in [1.29, 1.82) is 5.26 Å². The van der Waals surface area contributed by atoms with E-state index < -0.39 is 21.7 Å². The highest BCUT2D eigenvalue weighted by Gasteiger charge is 2.23. The minimum Gasteiger partial charge on any atom is -0.493 e. The van der Waals surface area contributed by atoms with E-state index in [9.17, 15) is 23.3 Å². The Hall–Kier alpha value is -4.02. The molecule has 1 N–H and O–H groups in total. The molecule has 0 atom stereocenters. The molecule has 0 aliphatic rings. The molecule has 1 amide bonds. The molecule has 0 saturated carbocycles. The summed E-state index contributed by atoms with van der Waals surface area (Å²) in [4.78, 5) is 24.7. The van der Waals surface area contributed by atoms with E-state index in [1.165, 1.54) is 43.7 Å². The van der Waals surface area contributed by atoms with E-state index in [0.29, 0.717) is 16.9 Å². The number of esters is 1. The summed E-state index contributed by atoms with van der Waals surface area (Å²) in [6, 6.07) is 9.20. The number of nitrogens with zero attached hydrogens (tertiary/aromatic N) is 3. The van der Waals surface area contributed by atoms with Crippen LogP contribution in [0.1, 0.15) is 30.0 Å². The average Bonchev–Trinajstić information content (AvgIpc) is 3.50.